The minimum absolute atomic E-state index is 0.255. The number of fused-ring (bicyclic) bond motifs is 1. The average Bonchev–Trinajstić information content (AvgIpc) is 2.79. The van der Waals surface area contributed by atoms with Crippen LogP contribution in [0.1, 0.15) is 49.5 Å². The fourth-order valence-corrected chi connectivity index (χ4v) is 3.96. The Kier molecular flexibility index (Phi) is 6.07. The normalized spacial score (nSPS) is 15.5. The average molecular weight is 406 g/mol. The van der Waals surface area contributed by atoms with Gasteiger partial charge in [0.25, 0.3) is 5.91 Å². The number of benzene rings is 1. The molecule has 2 heterocycles. The van der Waals surface area contributed by atoms with E-state index >= 15 is 0 Å². The molecule has 2 aromatic heterocycles. The number of rotatable bonds is 6. The number of carbonyl (C=O) groups is 1. The summed E-state index contributed by atoms with van der Waals surface area (Å²) >= 11 is 0. The van der Waals surface area contributed by atoms with E-state index in [4.69, 9.17) is 4.74 Å². The number of nitrogens with zero attached hydrogens (tertiary/aromatic N) is 3. The van der Waals surface area contributed by atoms with Gasteiger partial charge in [0.2, 0.25) is 5.95 Å². The molecular weight excluding hydrogens is 378 g/mol. The Morgan fingerprint density at radius 3 is 2.70 bits per heavy atom. The smallest absolute Gasteiger partial charge is 0.269 e. The lowest BCUT2D eigenvalue weighted by molar-refractivity contribution is 0.0958. The highest BCUT2D eigenvalue weighted by Crippen LogP contribution is 2.28. The van der Waals surface area contributed by atoms with Crippen molar-refractivity contribution < 1.29 is 9.53 Å². The van der Waals surface area contributed by atoms with E-state index in [9.17, 15) is 4.79 Å². The molecule has 1 amide bonds. The van der Waals surface area contributed by atoms with Gasteiger partial charge in [-0.15, -0.1) is 0 Å². The van der Waals surface area contributed by atoms with E-state index < -0.39 is 0 Å². The largest absolute Gasteiger partial charge is 0.457 e. The maximum Gasteiger partial charge on any atom is 0.269 e. The van der Waals surface area contributed by atoms with Crippen molar-refractivity contribution in [1.82, 2.24) is 20.3 Å². The Bertz CT molecular complexity index is 1030. The molecule has 156 valence electrons. The molecule has 7 heteroatoms. The lowest BCUT2D eigenvalue weighted by atomic mass is 9.85. The van der Waals surface area contributed by atoms with Crippen LogP contribution in [-0.2, 0) is 0 Å². The van der Waals surface area contributed by atoms with E-state index in [1.807, 2.05) is 24.4 Å². The molecule has 0 unspecified atom stereocenters. The number of nitrogens with one attached hydrogen (secondary N) is 2. The molecule has 1 aliphatic rings. The van der Waals surface area contributed by atoms with Crippen LogP contribution < -0.4 is 15.4 Å². The lowest BCUT2D eigenvalue weighted by Crippen LogP contribution is -2.28. The van der Waals surface area contributed by atoms with Crippen LogP contribution in [0.3, 0.4) is 0 Å². The molecule has 0 aliphatic heterocycles. The van der Waals surface area contributed by atoms with Crippen molar-refractivity contribution in [2.45, 2.75) is 45.1 Å². The summed E-state index contributed by atoms with van der Waals surface area (Å²) in [5, 5.41) is 6.93. The third kappa shape index (κ3) is 4.67. The van der Waals surface area contributed by atoms with E-state index in [-0.39, 0.29) is 5.91 Å². The number of carbonyl (C=O) groups excluding carboxylic acids is 1. The fraction of sp³-hybridized carbons (Fsp3) is 0.391. The first kappa shape index (κ1) is 20.1. The van der Waals surface area contributed by atoms with Gasteiger partial charge in [-0.1, -0.05) is 19.3 Å². The predicted octanol–water partition coefficient (Wildman–Crippen LogP) is 4.56. The molecule has 0 bridgehead atoms. The monoisotopic (exact) mass is 405 g/mol. The molecule has 30 heavy (non-hydrogen) atoms. The SMILES string of the molecule is CNC(=O)c1cc(Oc2ccc3nc(N[C@@H](C)C4CCCCC4)ncc3c2)ccn1. The zero-order chi connectivity index (χ0) is 20.9. The van der Waals surface area contributed by atoms with Gasteiger partial charge in [-0.05, 0) is 49.9 Å². The third-order valence-corrected chi connectivity index (χ3v) is 5.69. The summed E-state index contributed by atoms with van der Waals surface area (Å²) in [6.07, 6.45) is 9.91. The number of amides is 1. The molecule has 2 N–H and O–H groups in total. The van der Waals surface area contributed by atoms with Crippen LogP contribution in [0.15, 0.2) is 42.7 Å². The Morgan fingerprint density at radius 2 is 1.90 bits per heavy atom. The van der Waals surface area contributed by atoms with Crippen molar-refractivity contribution >= 4 is 22.8 Å². The predicted molar refractivity (Wildman–Crippen MR) is 117 cm³/mol. The number of ether oxygens (including phenoxy) is 1. The maximum atomic E-state index is 11.8. The first-order chi connectivity index (χ1) is 14.6. The van der Waals surface area contributed by atoms with Crippen LogP contribution >= 0.6 is 0 Å². The first-order valence-corrected chi connectivity index (χ1v) is 10.5. The van der Waals surface area contributed by atoms with Gasteiger partial charge in [0.1, 0.15) is 17.2 Å². The summed E-state index contributed by atoms with van der Waals surface area (Å²) in [5.41, 5.74) is 1.17. The fourth-order valence-electron chi connectivity index (χ4n) is 3.96. The highest BCUT2D eigenvalue weighted by molar-refractivity contribution is 5.92. The van der Waals surface area contributed by atoms with Gasteiger partial charge in [-0.2, -0.15) is 0 Å². The van der Waals surface area contributed by atoms with Crippen molar-refractivity contribution in [3.05, 3.63) is 48.4 Å². The van der Waals surface area contributed by atoms with E-state index in [1.54, 1.807) is 25.4 Å². The van der Waals surface area contributed by atoms with Crippen LogP contribution in [0.25, 0.3) is 10.9 Å². The molecule has 0 saturated heterocycles. The molecule has 0 radical (unpaired) electrons. The molecule has 1 fully saturated rings. The van der Waals surface area contributed by atoms with Crippen LogP contribution in [0, 0.1) is 5.92 Å². The standard InChI is InChI=1S/C23H27N5O2/c1-15(16-6-4-3-5-7-16)27-23-26-14-17-12-18(8-9-20(17)28-23)30-19-10-11-25-21(13-19)22(29)24-2/h8-16H,3-7H2,1-2H3,(H,24,29)(H,26,27,28)/t15-/m0/s1. The van der Waals surface area contributed by atoms with Gasteiger partial charge in [0.05, 0.1) is 5.52 Å². The summed E-state index contributed by atoms with van der Waals surface area (Å²) in [6.45, 7) is 2.22. The molecule has 1 aliphatic carbocycles. The highest BCUT2D eigenvalue weighted by Gasteiger charge is 2.20. The second kappa shape index (κ2) is 9.07. The number of aromatic nitrogens is 3. The topological polar surface area (TPSA) is 89.0 Å². The van der Waals surface area contributed by atoms with Crippen LogP contribution in [0.4, 0.5) is 5.95 Å². The Labute approximate surface area is 176 Å². The van der Waals surface area contributed by atoms with Gasteiger partial charge in [-0.25, -0.2) is 9.97 Å². The molecule has 3 aromatic rings. The van der Waals surface area contributed by atoms with Gasteiger partial charge >= 0.3 is 0 Å². The van der Waals surface area contributed by atoms with Crippen molar-refractivity contribution in [3.63, 3.8) is 0 Å². The summed E-state index contributed by atoms with van der Waals surface area (Å²) in [6, 6.07) is 9.37. The zero-order valence-corrected chi connectivity index (χ0v) is 17.4. The van der Waals surface area contributed by atoms with E-state index in [0.29, 0.717) is 35.1 Å². The molecule has 1 aromatic carbocycles. The Morgan fingerprint density at radius 1 is 1.10 bits per heavy atom. The summed E-state index contributed by atoms with van der Waals surface area (Å²) < 4.78 is 5.90. The lowest BCUT2D eigenvalue weighted by Gasteiger charge is -2.28. The van der Waals surface area contributed by atoms with Crippen LogP contribution in [0.5, 0.6) is 11.5 Å². The second-order valence-corrected chi connectivity index (χ2v) is 7.80. The van der Waals surface area contributed by atoms with Crippen LogP contribution in [0.2, 0.25) is 0 Å². The molecule has 7 nitrogen and oxygen atoms in total. The van der Waals surface area contributed by atoms with E-state index in [2.05, 4.69) is 32.5 Å². The Balaban J connectivity index is 1.47. The summed E-state index contributed by atoms with van der Waals surface area (Å²) in [4.78, 5) is 25.0. The molecule has 1 atom stereocenters. The minimum Gasteiger partial charge on any atom is -0.457 e. The van der Waals surface area contributed by atoms with Gasteiger partial charge < -0.3 is 15.4 Å². The van der Waals surface area contributed by atoms with Crippen molar-refractivity contribution in [1.29, 1.82) is 0 Å². The van der Waals surface area contributed by atoms with Crippen LogP contribution in [-0.4, -0.2) is 33.9 Å². The second-order valence-electron chi connectivity index (χ2n) is 7.80. The van der Waals surface area contributed by atoms with E-state index in [1.165, 1.54) is 32.1 Å². The van der Waals surface area contributed by atoms with E-state index in [0.717, 1.165) is 10.9 Å². The number of hydrogen-bond acceptors (Lipinski definition) is 6. The zero-order valence-electron chi connectivity index (χ0n) is 17.4. The molecule has 1 saturated carbocycles. The number of hydrogen-bond donors (Lipinski definition) is 2. The number of anilines is 1. The van der Waals surface area contributed by atoms with Crippen molar-refractivity contribution in [2.75, 3.05) is 12.4 Å². The summed E-state index contributed by atoms with van der Waals surface area (Å²) in [7, 11) is 1.57. The van der Waals surface area contributed by atoms with Gasteiger partial charge in [0.15, 0.2) is 0 Å². The highest BCUT2D eigenvalue weighted by atomic mass is 16.5. The molecular formula is C23H27N5O2. The quantitative estimate of drug-likeness (QED) is 0.625. The summed E-state index contributed by atoms with van der Waals surface area (Å²) in [5.74, 6) is 2.29. The minimum atomic E-state index is -0.255. The first-order valence-electron chi connectivity index (χ1n) is 10.5. The van der Waals surface area contributed by atoms with Gasteiger partial charge in [0, 0.05) is 36.9 Å². The molecule has 0 spiro atoms. The van der Waals surface area contributed by atoms with Gasteiger partial charge in [-0.3, -0.25) is 9.78 Å². The third-order valence-electron chi connectivity index (χ3n) is 5.69. The Hall–Kier alpha value is -3.22. The number of pyridine rings is 1. The molecule has 4 rings (SSSR count). The van der Waals surface area contributed by atoms with Crippen molar-refractivity contribution in [3.8, 4) is 11.5 Å². The maximum absolute atomic E-state index is 11.8. The van der Waals surface area contributed by atoms with Crippen molar-refractivity contribution in [2.24, 2.45) is 5.92 Å².